The van der Waals surface area contributed by atoms with Crippen LogP contribution in [0.2, 0.25) is 5.02 Å². The van der Waals surface area contributed by atoms with E-state index in [1.807, 2.05) is 0 Å². The molecule has 0 aliphatic carbocycles. The second-order valence-electron chi connectivity index (χ2n) is 1.79. The molecule has 54 valence electrons. The third kappa shape index (κ3) is 1.43. The zero-order valence-corrected chi connectivity index (χ0v) is 5.90. The minimum atomic E-state index is -0.449. The van der Waals surface area contributed by atoms with Gasteiger partial charge in [-0.1, -0.05) is 11.6 Å². The second-order valence-corrected chi connectivity index (χ2v) is 2.22. The normalized spacial score (nSPS) is 9.90. The van der Waals surface area contributed by atoms with Crippen LogP contribution >= 0.6 is 11.6 Å². The molecule has 1 aromatic heterocycles. The number of hydrogen-bond acceptors (Lipinski definition) is 2. The van der Waals surface area contributed by atoms with E-state index < -0.39 is 5.82 Å². The lowest BCUT2D eigenvalue weighted by Crippen LogP contribution is -2.02. The van der Waals surface area contributed by atoms with Crippen LogP contribution in [0.1, 0.15) is 5.69 Å². The van der Waals surface area contributed by atoms with Gasteiger partial charge in [0.05, 0.1) is 10.7 Å². The van der Waals surface area contributed by atoms with Gasteiger partial charge >= 0.3 is 0 Å². The lowest BCUT2D eigenvalue weighted by atomic mass is 10.3. The van der Waals surface area contributed by atoms with Crippen molar-refractivity contribution in [1.29, 1.82) is 0 Å². The van der Waals surface area contributed by atoms with Crippen LogP contribution in [0.3, 0.4) is 0 Å². The minimum Gasteiger partial charge on any atom is -0.325 e. The number of nitrogens with zero attached hydrogens (tertiary/aromatic N) is 1. The summed E-state index contributed by atoms with van der Waals surface area (Å²) in [6.45, 7) is 0.100. The molecule has 1 aromatic rings. The fourth-order valence-corrected chi connectivity index (χ4v) is 0.738. The largest absolute Gasteiger partial charge is 0.325 e. The van der Waals surface area contributed by atoms with Gasteiger partial charge in [0.15, 0.2) is 0 Å². The van der Waals surface area contributed by atoms with E-state index in [0.717, 1.165) is 0 Å². The Labute approximate surface area is 62.8 Å². The molecule has 1 heterocycles. The van der Waals surface area contributed by atoms with Crippen molar-refractivity contribution in [2.45, 2.75) is 6.54 Å². The molecule has 10 heavy (non-hydrogen) atoms. The molecule has 0 aliphatic heterocycles. The van der Waals surface area contributed by atoms with Gasteiger partial charge < -0.3 is 5.73 Å². The van der Waals surface area contributed by atoms with E-state index in [2.05, 4.69) is 4.98 Å². The summed E-state index contributed by atoms with van der Waals surface area (Å²) >= 11 is 5.43. The lowest BCUT2D eigenvalue weighted by molar-refractivity contribution is 0.600. The summed E-state index contributed by atoms with van der Waals surface area (Å²) in [5.74, 6) is -0.449. The van der Waals surface area contributed by atoms with Gasteiger partial charge in [-0.15, -0.1) is 0 Å². The fourth-order valence-electron chi connectivity index (χ4n) is 0.593. The highest BCUT2D eigenvalue weighted by Gasteiger charge is 2.00. The van der Waals surface area contributed by atoms with Gasteiger partial charge in [0.2, 0.25) is 0 Å². The smallest absolute Gasteiger partial charge is 0.147 e. The van der Waals surface area contributed by atoms with Crippen LogP contribution in [0.15, 0.2) is 12.3 Å². The van der Waals surface area contributed by atoms with E-state index in [-0.39, 0.29) is 17.3 Å². The second kappa shape index (κ2) is 2.94. The molecule has 0 bridgehead atoms. The van der Waals surface area contributed by atoms with Crippen molar-refractivity contribution in [1.82, 2.24) is 4.98 Å². The van der Waals surface area contributed by atoms with Crippen molar-refractivity contribution in [3.05, 3.63) is 28.8 Å². The molecule has 0 fully saturated rings. The Morgan fingerprint density at radius 2 is 2.40 bits per heavy atom. The summed E-state index contributed by atoms with van der Waals surface area (Å²) < 4.78 is 12.6. The molecule has 2 N–H and O–H groups in total. The molecule has 0 spiro atoms. The van der Waals surface area contributed by atoms with E-state index in [9.17, 15) is 4.39 Å². The van der Waals surface area contributed by atoms with E-state index in [0.29, 0.717) is 0 Å². The first-order valence-corrected chi connectivity index (χ1v) is 3.12. The maximum absolute atomic E-state index is 12.6. The van der Waals surface area contributed by atoms with Crippen LogP contribution in [0.4, 0.5) is 4.39 Å². The van der Waals surface area contributed by atoms with Crippen molar-refractivity contribution in [2.24, 2.45) is 5.73 Å². The summed E-state index contributed by atoms with van der Waals surface area (Å²) in [6, 6.07) is 1.19. The van der Waals surface area contributed by atoms with Crippen molar-refractivity contribution in [2.75, 3.05) is 0 Å². The van der Waals surface area contributed by atoms with E-state index in [1.165, 1.54) is 12.3 Å². The number of hydrogen-bond donors (Lipinski definition) is 1. The topological polar surface area (TPSA) is 38.9 Å². The Morgan fingerprint density at radius 1 is 1.70 bits per heavy atom. The van der Waals surface area contributed by atoms with Crippen LogP contribution in [0.5, 0.6) is 0 Å². The maximum atomic E-state index is 12.6. The van der Waals surface area contributed by atoms with Crippen LogP contribution in [0.25, 0.3) is 0 Å². The fraction of sp³-hybridized carbons (Fsp3) is 0.167. The summed E-state index contributed by atoms with van der Waals surface area (Å²) in [5, 5.41) is 0.287. The third-order valence-corrected chi connectivity index (χ3v) is 1.28. The first-order chi connectivity index (χ1) is 4.74. The predicted octanol–water partition coefficient (Wildman–Crippen LogP) is 1.33. The zero-order chi connectivity index (χ0) is 7.56. The number of aromatic nitrogens is 1. The van der Waals surface area contributed by atoms with Crippen molar-refractivity contribution in [3.8, 4) is 0 Å². The summed E-state index contributed by atoms with van der Waals surface area (Å²) in [5.41, 5.74) is 5.40. The highest BCUT2D eigenvalue weighted by molar-refractivity contribution is 6.30. The quantitative estimate of drug-likeness (QED) is 0.673. The average Bonchev–Trinajstić information content (AvgIpc) is 1.88. The third-order valence-electron chi connectivity index (χ3n) is 1.08. The Bertz CT molecular complexity index is 239. The Hall–Kier alpha value is -0.670. The molecular weight excluding hydrogens is 155 g/mol. The van der Waals surface area contributed by atoms with Gasteiger partial charge in [-0.3, -0.25) is 4.98 Å². The summed E-state index contributed by atoms with van der Waals surface area (Å²) in [4.78, 5) is 3.66. The number of pyridine rings is 1. The molecule has 0 unspecified atom stereocenters. The molecule has 2 nitrogen and oxygen atoms in total. The van der Waals surface area contributed by atoms with Crippen LogP contribution in [-0.4, -0.2) is 4.98 Å². The molecular formula is C6H6ClFN2. The molecule has 0 saturated heterocycles. The van der Waals surface area contributed by atoms with Crippen molar-refractivity contribution < 1.29 is 4.39 Å². The number of halogens is 2. The Morgan fingerprint density at radius 3 is 2.90 bits per heavy atom. The molecule has 0 atom stereocenters. The first kappa shape index (κ1) is 7.44. The van der Waals surface area contributed by atoms with Gasteiger partial charge in [0.25, 0.3) is 0 Å². The van der Waals surface area contributed by atoms with Crippen LogP contribution in [-0.2, 0) is 6.54 Å². The molecule has 0 radical (unpaired) electrons. The van der Waals surface area contributed by atoms with Gasteiger partial charge in [-0.2, -0.15) is 0 Å². The number of rotatable bonds is 1. The SMILES string of the molecule is NCc1ncc(Cl)cc1F. The highest BCUT2D eigenvalue weighted by Crippen LogP contribution is 2.10. The Kier molecular flexibility index (Phi) is 2.19. The molecule has 0 saturated carbocycles. The standard InChI is InChI=1S/C6H6ClFN2/c7-4-1-5(8)6(2-9)10-3-4/h1,3H,2,9H2. The Balaban J connectivity index is 3.07. The average molecular weight is 161 g/mol. The van der Waals surface area contributed by atoms with Gasteiger partial charge in [0, 0.05) is 12.7 Å². The molecule has 4 heteroatoms. The first-order valence-electron chi connectivity index (χ1n) is 2.74. The molecule has 1 rings (SSSR count). The van der Waals surface area contributed by atoms with Crippen molar-refractivity contribution in [3.63, 3.8) is 0 Å². The van der Waals surface area contributed by atoms with Gasteiger partial charge in [-0.05, 0) is 6.07 Å². The van der Waals surface area contributed by atoms with Gasteiger partial charge in [-0.25, -0.2) is 4.39 Å². The molecule has 0 aliphatic rings. The van der Waals surface area contributed by atoms with Crippen LogP contribution in [0, 0.1) is 5.82 Å². The summed E-state index contributed by atoms with van der Waals surface area (Å²) in [6.07, 6.45) is 1.37. The molecule has 0 amide bonds. The number of nitrogens with two attached hydrogens (primary N) is 1. The highest BCUT2D eigenvalue weighted by atomic mass is 35.5. The van der Waals surface area contributed by atoms with Crippen LogP contribution < -0.4 is 5.73 Å². The van der Waals surface area contributed by atoms with Gasteiger partial charge in [0.1, 0.15) is 5.82 Å². The van der Waals surface area contributed by atoms with E-state index in [4.69, 9.17) is 17.3 Å². The predicted molar refractivity (Wildman–Crippen MR) is 37.1 cm³/mol. The maximum Gasteiger partial charge on any atom is 0.147 e. The minimum absolute atomic E-state index is 0.100. The summed E-state index contributed by atoms with van der Waals surface area (Å²) in [7, 11) is 0. The van der Waals surface area contributed by atoms with E-state index in [1.54, 1.807) is 0 Å². The molecule has 0 aromatic carbocycles. The van der Waals surface area contributed by atoms with E-state index >= 15 is 0 Å². The lowest BCUT2D eigenvalue weighted by Gasteiger charge is -1.96. The van der Waals surface area contributed by atoms with Crippen molar-refractivity contribution >= 4 is 11.6 Å². The zero-order valence-electron chi connectivity index (χ0n) is 5.14. The monoisotopic (exact) mass is 160 g/mol.